The number of fused-ring (bicyclic) bond motifs is 2. The molecule has 3 saturated heterocycles. The average Bonchev–Trinajstić information content (AvgIpc) is 4.25. The van der Waals surface area contributed by atoms with Gasteiger partial charge in [-0.2, -0.15) is 4.98 Å². The third-order valence-corrected chi connectivity index (χ3v) is 18.8. The van der Waals surface area contributed by atoms with E-state index in [1.165, 1.54) is 36.1 Å². The van der Waals surface area contributed by atoms with Gasteiger partial charge in [-0.05, 0) is 151 Å². The highest BCUT2D eigenvalue weighted by atomic mass is 32.2. The zero-order chi connectivity index (χ0) is 55.6. The van der Waals surface area contributed by atoms with Crippen LogP contribution in [0.25, 0.3) is 11.0 Å². The lowest BCUT2D eigenvalue weighted by Crippen LogP contribution is -2.54. The van der Waals surface area contributed by atoms with E-state index < -0.39 is 54.8 Å². The molecule has 5 aromatic rings. The number of aliphatic hydroxyl groups is 1. The Morgan fingerprint density at radius 1 is 0.949 bits per heavy atom. The monoisotopic (exact) mass is 1100 g/mol. The zero-order valence-corrected chi connectivity index (χ0v) is 46.9. The third kappa shape index (κ3) is 11.4. The van der Waals surface area contributed by atoms with E-state index in [2.05, 4.69) is 62.9 Å². The second kappa shape index (κ2) is 21.1. The molecule has 20 heteroatoms. The highest BCUT2D eigenvalue weighted by Crippen LogP contribution is 2.55. The second-order valence-corrected chi connectivity index (χ2v) is 26.3. The Morgan fingerprint density at radius 2 is 1.71 bits per heavy atom. The van der Waals surface area contributed by atoms with Crippen molar-refractivity contribution in [2.45, 2.75) is 158 Å². The molecule has 19 nitrogen and oxygen atoms in total. The number of amides is 2. The van der Waals surface area contributed by atoms with Gasteiger partial charge in [-0.3, -0.25) is 19.8 Å². The van der Waals surface area contributed by atoms with Crippen molar-refractivity contribution < 1.29 is 47.0 Å². The summed E-state index contributed by atoms with van der Waals surface area (Å²) in [5.74, 6) is -0.254. The Bertz CT molecular complexity index is 3240. The predicted molar refractivity (Wildman–Crippen MR) is 299 cm³/mol. The van der Waals surface area contributed by atoms with E-state index >= 15 is 0 Å². The van der Waals surface area contributed by atoms with Crippen LogP contribution in [0.1, 0.15) is 146 Å². The summed E-state index contributed by atoms with van der Waals surface area (Å²) in [5, 5.41) is 27.0. The summed E-state index contributed by atoms with van der Waals surface area (Å²) in [6.45, 7) is 15.2. The molecule has 4 N–H and O–H groups in total. The predicted octanol–water partition coefficient (Wildman–Crippen LogP) is 10.6. The Labute approximate surface area is 461 Å². The van der Waals surface area contributed by atoms with E-state index in [9.17, 15) is 33.2 Å². The van der Waals surface area contributed by atoms with Crippen LogP contribution in [0.4, 0.5) is 21.9 Å². The fourth-order valence-electron chi connectivity index (χ4n) is 13.1. The maximum Gasteiger partial charge on any atom is 0.410 e. The van der Waals surface area contributed by atoms with E-state index in [0.717, 1.165) is 57.1 Å². The Kier molecular flexibility index (Phi) is 14.5. The van der Waals surface area contributed by atoms with Gasteiger partial charge in [-0.1, -0.05) is 38.1 Å². The molecule has 0 unspecified atom stereocenters. The number of piperidine rings is 1. The van der Waals surface area contributed by atoms with Gasteiger partial charge in [0.15, 0.2) is 17.2 Å². The van der Waals surface area contributed by atoms with Crippen molar-refractivity contribution >= 4 is 50.1 Å². The van der Waals surface area contributed by atoms with Gasteiger partial charge in [0.2, 0.25) is 0 Å². The largest absolute Gasteiger partial charge is 0.489 e. The van der Waals surface area contributed by atoms with Gasteiger partial charge in [-0.25, -0.2) is 17.9 Å². The molecule has 0 bridgehead atoms. The summed E-state index contributed by atoms with van der Waals surface area (Å²) in [4.78, 5) is 53.5. The minimum absolute atomic E-state index is 0.0264. The maximum absolute atomic E-state index is 14.6. The standard InChI is InChI=1S/C59H74N8O11S/c1-36(2)43-10-7-8-11-44(43)47-12-9-24-66(47)40-32-59(33-40)21-26-64(27-22-59)39-13-14-45(49(29-39)77-51-28-38-17-23-60-53(38)62-55(51)76-41-18-25-65(34-41)56(69)78-57(3,4)5)54(68)63-79(73,74)42-30-48(67(71)72)52-50(31-42)75-35-46(61-52)37-15-19-58(6,70)20-16-37/h7-8,10-11,13-14,17,23,28-31,36-37,40-41,46-47,61,70H,9,12,15-16,18-22,24-27,32-35H2,1-6H3,(H,60,62)(H,63,68)/t37?,41-,46-,47-,58?/m1/s1. The van der Waals surface area contributed by atoms with Crippen LogP contribution < -0.4 is 29.1 Å². The van der Waals surface area contributed by atoms with Crippen molar-refractivity contribution in [1.29, 1.82) is 0 Å². The van der Waals surface area contributed by atoms with Crippen LogP contribution in [0, 0.1) is 21.4 Å². The number of sulfonamides is 1. The SMILES string of the molecule is CC(C)c1ccccc1[C@H]1CCCN1C1CC2(CCN(c3ccc(C(=O)NS(=O)(=O)c4cc5c(c([N+](=O)[O-])c4)N[C@@H](C4CCC(C)(O)CC4)CO5)c(Oc4cc5cc[nH]c5nc4O[C@@H]4CCN(C(=O)OC(C)(C)C)C4)c3)CC2)C1. The molecular formula is C59H74N8O11S. The first kappa shape index (κ1) is 54.3. The number of hydrogen-bond donors (Lipinski definition) is 4. The molecule has 2 aromatic heterocycles. The topological polar surface area (TPSA) is 231 Å². The zero-order valence-electron chi connectivity index (χ0n) is 46.1. The average molecular weight is 1100 g/mol. The van der Waals surface area contributed by atoms with Crippen LogP contribution in [0.5, 0.6) is 23.1 Å². The summed E-state index contributed by atoms with van der Waals surface area (Å²) in [5.41, 5.74) is 2.39. The fraction of sp³-hybridized carbons (Fsp3) is 0.542. The molecular weight excluding hydrogens is 1030 g/mol. The number of nitro groups is 1. The number of carbonyl (C=O) groups excluding carboxylic acids is 2. The minimum Gasteiger partial charge on any atom is -0.489 e. The lowest BCUT2D eigenvalue weighted by atomic mass is 9.59. The summed E-state index contributed by atoms with van der Waals surface area (Å²) in [6.07, 6.45) is 10.5. The quantitative estimate of drug-likeness (QED) is 0.0635. The van der Waals surface area contributed by atoms with Gasteiger partial charge < -0.3 is 44.2 Å². The number of ether oxygens (including phenoxy) is 4. The Morgan fingerprint density at radius 3 is 2.44 bits per heavy atom. The molecule has 0 radical (unpaired) electrons. The van der Waals surface area contributed by atoms with Gasteiger partial charge in [0.25, 0.3) is 27.5 Å². The maximum atomic E-state index is 14.6. The van der Waals surface area contributed by atoms with Crippen molar-refractivity contribution in [2.24, 2.45) is 11.3 Å². The van der Waals surface area contributed by atoms with Crippen LogP contribution >= 0.6 is 0 Å². The van der Waals surface area contributed by atoms with Crippen molar-refractivity contribution in [3.8, 4) is 23.1 Å². The van der Waals surface area contributed by atoms with Gasteiger partial charge in [0.1, 0.15) is 29.7 Å². The number of nitro benzene ring substituents is 1. The van der Waals surface area contributed by atoms with Crippen molar-refractivity contribution in [1.82, 2.24) is 24.5 Å². The van der Waals surface area contributed by atoms with Crippen molar-refractivity contribution in [2.75, 3.05) is 49.5 Å². The molecule has 2 amide bonds. The fourth-order valence-corrected chi connectivity index (χ4v) is 14.1. The summed E-state index contributed by atoms with van der Waals surface area (Å²) in [7, 11) is -4.77. The van der Waals surface area contributed by atoms with E-state index in [-0.39, 0.29) is 64.9 Å². The number of nitrogens with zero attached hydrogens (tertiary/aromatic N) is 5. The molecule has 422 valence electrons. The molecule has 79 heavy (non-hydrogen) atoms. The molecule has 4 aliphatic heterocycles. The number of carbonyl (C=O) groups is 2. The number of H-pyrrole nitrogens is 1. The van der Waals surface area contributed by atoms with Crippen LogP contribution in [0.2, 0.25) is 0 Å². The van der Waals surface area contributed by atoms with E-state index in [1.54, 1.807) is 36.2 Å². The van der Waals surface area contributed by atoms with E-state index in [1.807, 2.05) is 26.8 Å². The Hall–Kier alpha value is -6.64. The molecule has 2 aliphatic carbocycles. The molecule has 2 saturated carbocycles. The van der Waals surface area contributed by atoms with Gasteiger partial charge in [-0.15, -0.1) is 0 Å². The minimum atomic E-state index is -4.77. The van der Waals surface area contributed by atoms with E-state index in [4.69, 9.17) is 23.9 Å². The first-order valence-electron chi connectivity index (χ1n) is 28.2. The van der Waals surface area contributed by atoms with Gasteiger partial charge in [0.05, 0.1) is 33.6 Å². The van der Waals surface area contributed by atoms with Crippen LogP contribution in [0.3, 0.4) is 0 Å². The number of benzene rings is 3. The highest BCUT2D eigenvalue weighted by Gasteiger charge is 2.50. The highest BCUT2D eigenvalue weighted by molar-refractivity contribution is 7.90. The second-order valence-electron chi connectivity index (χ2n) is 24.6. The van der Waals surface area contributed by atoms with Gasteiger partial charge >= 0.3 is 6.09 Å². The van der Waals surface area contributed by atoms with Crippen LogP contribution in [-0.2, 0) is 14.8 Å². The number of likely N-dealkylation sites (tertiary alicyclic amines) is 2. The molecule has 6 aliphatic rings. The summed E-state index contributed by atoms with van der Waals surface area (Å²) >= 11 is 0. The lowest BCUT2D eigenvalue weighted by molar-refractivity contribution is -0.384. The first-order valence-corrected chi connectivity index (χ1v) is 29.6. The van der Waals surface area contributed by atoms with Crippen LogP contribution in [-0.4, -0.2) is 119 Å². The normalized spacial score (nSPS) is 24.4. The van der Waals surface area contributed by atoms with Gasteiger partial charge in [0, 0.05) is 73.6 Å². The molecule has 11 rings (SSSR count). The number of nitrogens with one attached hydrogen (secondary N) is 3. The smallest absolute Gasteiger partial charge is 0.410 e. The molecule has 5 fully saturated rings. The van der Waals surface area contributed by atoms with Crippen molar-refractivity contribution in [3.05, 3.63) is 99.7 Å². The number of pyridine rings is 1. The number of rotatable bonds is 13. The molecule has 1 spiro atoms. The summed E-state index contributed by atoms with van der Waals surface area (Å²) in [6, 6.07) is 20.4. The number of aromatic amines is 1. The van der Waals surface area contributed by atoms with E-state index in [0.29, 0.717) is 67.7 Å². The number of anilines is 2. The molecule has 3 aromatic carbocycles. The van der Waals surface area contributed by atoms with Crippen LogP contribution in [0.15, 0.2) is 77.8 Å². The summed E-state index contributed by atoms with van der Waals surface area (Å²) < 4.78 is 55.7. The molecule has 6 heterocycles. The number of aromatic nitrogens is 2. The third-order valence-electron chi connectivity index (χ3n) is 17.5. The molecule has 3 atom stereocenters. The lowest BCUT2D eigenvalue weighted by Gasteiger charge is -2.56. The first-order chi connectivity index (χ1) is 37.6. The Balaban J connectivity index is 0.852. The number of hydrogen-bond acceptors (Lipinski definition) is 15. The van der Waals surface area contributed by atoms with Crippen molar-refractivity contribution in [3.63, 3.8) is 0 Å².